The Morgan fingerprint density at radius 1 is 1.24 bits per heavy atom. The van der Waals surface area contributed by atoms with Crippen molar-refractivity contribution in [2.24, 2.45) is 4.99 Å². The van der Waals surface area contributed by atoms with Crippen molar-refractivity contribution in [1.82, 2.24) is 4.98 Å². The van der Waals surface area contributed by atoms with E-state index in [-0.39, 0.29) is 5.82 Å². The maximum absolute atomic E-state index is 13.6. The van der Waals surface area contributed by atoms with Crippen LogP contribution in [-0.2, 0) is 0 Å². The first-order valence-corrected chi connectivity index (χ1v) is 6.86. The molecule has 3 nitrogen and oxygen atoms in total. The zero-order valence-corrected chi connectivity index (χ0v) is 12.1. The molecule has 0 atom stereocenters. The van der Waals surface area contributed by atoms with E-state index in [2.05, 4.69) is 27.9 Å². The number of nitrogens with zero attached hydrogens (tertiary/aromatic N) is 2. The highest BCUT2D eigenvalue weighted by Gasteiger charge is 2.04. The lowest BCUT2D eigenvalue weighted by molar-refractivity contribution is 0.626. The normalized spacial score (nSPS) is 12.5. The van der Waals surface area contributed by atoms with E-state index in [0.29, 0.717) is 5.69 Å². The van der Waals surface area contributed by atoms with Gasteiger partial charge in [0.2, 0.25) is 0 Å². The Morgan fingerprint density at radius 2 is 2.10 bits per heavy atom. The van der Waals surface area contributed by atoms with Crippen LogP contribution in [0.5, 0.6) is 0 Å². The second-order valence-electron chi connectivity index (χ2n) is 5.17. The molecule has 0 fully saturated rings. The second-order valence-corrected chi connectivity index (χ2v) is 5.17. The SMILES string of the molecule is CN(C)c1cc(C#Cc2cc3c([nH]2)=NCCC=3)ccc1F. The van der Waals surface area contributed by atoms with Gasteiger partial charge in [-0.15, -0.1) is 0 Å². The molecular formula is C17H16FN3. The molecule has 1 aliphatic heterocycles. The van der Waals surface area contributed by atoms with Gasteiger partial charge in [-0.3, -0.25) is 4.99 Å². The topological polar surface area (TPSA) is 31.4 Å². The first-order valence-electron chi connectivity index (χ1n) is 6.86. The van der Waals surface area contributed by atoms with Gasteiger partial charge in [0, 0.05) is 31.4 Å². The third-order valence-corrected chi connectivity index (χ3v) is 3.36. The van der Waals surface area contributed by atoms with Crippen molar-refractivity contribution in [3.8, 4) is 11.8 Å². The zero-order valence-electron chi connectivity index (χ0n) is 12.1. The Morgan fingerprint density at radius 3 is 2.86 bits per heavy atom. The van der Waals surface area contributed by atoms with E-state index in [9.17, 15) is 4.39 Å². The highest BCUT2D eigenvalue weighted by molar-refractivity contribution is 5.53. The van der Waals surface area contributed by atoms with Crippen molar-refractivity contribution < 1.29 is 4.39 Å². The smallest absolute Gasteiger partial charge is 0.146 e. The summed E-state index contributed by atoms with van der Waals surface area (Å²) in [5.74, 6) is 5.90. The number of benzene rings is 1. The number of aromatic amines is 1. The van der Waals surface area contributed by atoms with E-state index in [1.165, 1.54) is 6.07 Å². The van der Waals surface area contributed by atoms with Crippen LogP contribution < -0.4 is 15.6 Å². The fourth-order valence-electron chi connectivity index (χ4n) is 2.28. The molecule has 0 amide bonds. The van der Waals surface area contributed by atoms with Crippen LogP contribution in [0.25, 0.3) is 6.08 Å². The first-order chi connectivity index (χ1) is 10.1. The monoisotopic (exact) mass is 281 g/mol. The van der Waals surface area contributed by atoms with E-state index < -0.39 is 0 Å². The predicted molar refractivity (Wildman–Crippen MR) is 82.2 cm³/mol. The number of hydrogen-bond acceptors (Lipinski definition) is 2. The van der Waals surface area contributed by atoms with Gasteiger partial charge < -0.3 is 9.88 Å². The molecule has 0 aliphatic carbocycles. The molecule has 2 heterocycles. The Bertz CT molecular complexity index is 817. The van der Waals surface area contributed by atoms with Crippen LogP contribution in [0.15, 0.2) is 29.3 Å². The molecule has 0 bridgehead atoms. The summed E-state index contributed by atoms with van der Waals surface area (Å²) in [6.45, 7) is 0.824. The van der Waals surface area contributed by atoms with Gasteiger partial charge in [-0.2, -0.15) is 0 Å². The van der Waals surface area contributed by atoms with Crippen molar-refractivity contribution in [3.05, 3.63) is 52.0 Å². The average Bonchev–Trinajstić information content (AvgIpc) is 2.89. The van der Waals surface area contributed by atoms with E-state index in [1.807, 2.05) is 20.2 Å². The summed E-state index contributed by atoms with van der Waals surface area (Å²) in [7, 11) is 3.62. The van der Waals surface area contributed by atoms with E-state index in [4.69, 9.17) is 0 Å². The molecular weight excluding hydrogens is 265 g/mol. The molecule has 106 valence electrons. The lowest BCUT2D eigenvalue weighted by Gasteiger charge is -2.13. The van der Waals surface area contributed by atoms with Gasteiger partial charge in [0.15, 0.2) is 0 Å². The fourth-order valence-corrected chi connectivity index (χ4v) is 2.28. The van der Waals surface area contributed by atoms with Gasteiger partial charge in [-0.05, 0) is 36.6 Å². The first kappa shape index (κ1) is 13.4. The summed E-state index contributed by atoms with van der Waals surface area (Å²) in [6, 6.07) is 6.89. The van der Waals surface area contributed by atoms with E-state index in [0.717, 1.165) is 34.9 Å². The van der Waals surface area contributed by atoms with Gasteiger partial charge in [-0.1, -0.05) is 12.0 Å². The van der Waals surface area contributed by atoms with Gasteiger partial charge >= 0.3 is 0 Å². The van der Waals surface area contributed by atoms with Crippen LogP contribution in [0.3, 0.4) is 0 Å². The van der Waals surface area contributed by atoms with Crippen LogP contribution in [0.2, 0.25) is 0 Å². The molecule has 21 heavy (non-hydrogen) atoms. The molecule has 0 saturated heterocycles. The average molecular weight is 281 g/mol. The van der Waals surface area contributed by atoms with E-state index in [1.54, 1.807) is 17.0 Å². The largest absolute Gasteiger partial charge is 0.375 e. The molecule has 0 radical (unpaired) electrons. The number of rotatable bonds is 1. The van der Waals surface area contributed by atoms with Crippen molar-refractivity contribution in [2.45, 2.75) is 6.42 Å². The molecule has 1 aromatic carbocycles. The Hall–Kier alpha value is -2.54. The van der Waals surface area contributed by atoms with Gasteiger partial charge in [0.1, 0.15) is 11.3 Å². The van der Waals surface area contributed by atoms with Crippen LogP contribution in [0, 0.1) is 17.7 Å². The van der Waals surface area contributed by atoms with Gasteiger partial charge in [0.25, 0.3) is 0 Å². The molecule has 3 rings (SSSR count). The number of nitrogens with one attached hydrogen (secondary N) is 1. The number of H-pyrrole nitrogens is 1. The van der Waals surface area contributed by atoms with Gasteiger partial charge in [-0.25, -0.2) is 4.39 Å². The van der Waals surface area contributed by atoms with Gasteiger partial charge in [0.05, 0.1) is 11.4 Å². The Balaban J connectivity index is 1.95. The number of fused-ring (bicyclic) bond motifs is 1. The molecule has 0 spiro atoms. The summed E-state index contributed by atoms with van der Waals surface area (Å²) >= 11 is 0. The third-order valence-electron chi connectivity index (χ3n) is 3.36. The molecule has 1 N–H and O–H groups in total. The Labute approximate surface area is 122 Å². The quantitative estimate of drug-likeness (QED) is 0.788. The van der Waals surface area contributed by atoms with Crippen LogP contribution in [-0.4, -0.2) is 25.6 Å². The van der Waals surface area contributed by atoms with Crippen molar-refractivity contribution in [1.29, 1.82) is 0 Å². The number of halogens is 1. The minimum atomic E-state index is -0.241. The van der Waals surface area contributed by atoms with E-state index >= 15 is 0 Å². The minimum absolute atomic E-state index is 0.241. The summed E-state index contributed by atoms with van der Waals surface area (Å²) in [5, 5.41) is 1.11. The predicted octanol–water partition coefficient (Wildman–Crippen LogP) is 1.42. The standard InChI is InChI=1S/C17H16FN3/c1-21(2)16-10-12(6-8-15(16)18)5-7-14-11-13-4-3-9-19-17(13)20-14/h4,6,8,10-11H,3,9H2,1-2H3,(H,19,20). The van der Waals surface area contributed by atoms with Crippen molar-refractivity contribution in [3.63, 3.8) is 0 Å². The summed E-state index contributed by atoms with van der Waals surface area (Å²) in [5.41, 5.74) is 3.06. The second kappa shape index (κ2) is 5.45. The molecule has 0 unspecified atom stereocenters. The van der Waals surface area contributed by atoms with Crippen LogP contribution in [0.1, 0.15) is 17.7 Å². The maximum Gasteiger partial charge on any atom is 0.146 e. The minimum Gasteiger partial charge on any atom is -0.375 e. The molecule has 1 aliphatic rings. The van der Waals surface area contributed by atoms with Crippen LogP contribution in [0.4, 0.5) is 10.1 Å². The summed E-state index contributed by atoms with van der Waals surface area (Å²) < 4.78 is 13.6. The fraction of sp³-hybridized carbons (Fsp3) is 0.235. The molecule has 1 aromatic heterocycles. The Kier molecular flexibility index (Phi) is 3.49. The summed E-state index contributed by atoms with van der Waals surface area (Å²) in [6.07, 6.45) is 3.13. The number of hydrogen-bond donors (Lipinski definition) is 1. The molecule has 4 heteroatoms. The van der Waals surface area contributed by atoms with Crippen molar-refractivity contribution >= 4 is 11.8 Å². The third kappa shape index (κ3) is 2.82. The zero-order chi connectivity index (χ0) is 14.8. The lowest BCUT2D eigenvalue weighted by Crippen LogP contribution is -2.25. The van der Waals surface area contributed by atoms with Crippen molar-refractivity contribution in [2.75, 3.05) is 25.5 Å². The van der Waals surface area contributed by atoms with Crippen LogP contribution >= 0.6 is 0 Å². The summed E-state index contributed by atoms with van der Waals surface area (Å²) in [4.78, 5) is 9.34. The molecule has 0 saturated carbocycles. The number of anilines is 1. The lowest BCUT2D eigenvalue weighted by atomic mass is 10.2. The number of aromatic nitrogens is 1. The maximum atomic E-state index is 13.6. The highest BCUT2D eigenvalue weighted by atomic mass is 19.1. The molecule has 2 aromatic rings. The highest BCUT2D eigenvalue weighted by Crippen LogP contribution is 2.18.